The number of carbonyl (C=O) groups is 1. The fourth-order valence-corrected chi connectivity index (χ4v) is 3.47. The summed E-state index contributed by atoms with van der Waals surface area (Å²) in [5.74, 6) is 1.36. The van der Waals surface area contributed by atoms with Gasteiger partial charge in [0.2, 0.25) is 5.91 Å². The van der Waals surface area contributed by atoms with E-state index in [0.29, 0.717) is 12.0 Å². The predicted octanol–water partition coefficient (Wildman–Crippen LogP) is 1.15. The molecule has 1 aromatic heterocycles. The molecule has 1 aliphatic heterocycles. The zero-order chi connectivity index (χ0) is 14.9. The molecule has 21 heavy (non-hydrogen) atoms. The molecule has 0 bridgehead atoms. The van der Waals surface area contributed by atoms with Gasteiger partial charge in [-0.1, -0.05) is 6.07 Å². The van der Waals surface area contributed by atoms with Gasteiger partial charge in [-0.2, -0.15) is 0 Å². The lowest BCUT2D eigenvalue weighted by Crippen LogP contribution is -2.33. The highest BCUT2D eigenvalue weighted by molar-refractivity contribution is 5.82. The number of amides is 1. The maximum atomic E-state index is 12.4. The van der Waals surface area contributed by atoms with E-state index >= 15 is 0 Å². The molecule has 0 aromatic carbocycles. The van der Waals surface area contributed by atoms with Crippen molar-refractivity contribution in [1.82, 2.24) is 15.6 Å². The van der Waals surface area contributed by atoms with Crippen LogP contribution in [0.1, 0.15) is 24.8 Å². The Hall–Kier alpha value is -1.62. The zero-order valence-electron chi connectivity index (χ0n) is 12.9. The number of rotatable bonds is 4. The van der Waals surface area contributed by atoms with Gasteiger partial charge in [0.1, 0.15) is 5.82 Å². The Morgan fingerprint density at radius 2 is 2.24 bits per heavy atom. The van der Waals surface area contributed by atoms with E-state index in [1.165, 1.54) is 0 Å². The largest absolute Gasteiger partial charge is 0.362 e. The van der Waals surface area contributed by atoms with Gasteiger partial charge >= 0.3 is 0 Å². The van der Waals surface area contributed by atoms with Gasteiger partial charge in [0, 0.05) is 38.3 Å². The van der Waals surface area contributed by atoms with E-state index in [-0.39, 0.29) is 11.8 Å². The van der Waals surface area contributed by atoms with Crippen LogP contribution in [-0.4, -0.2) is 38.1 Å². The van der Waals surface area contributed by atoms with Crippen LogP contribution in [0.5, 0.6) is 0 Å². The number of nitrogens with one attached hydrogen (secondary N) is 2. The molecule has 0 radical (unpaired) electrons. The summed E-state index contributed by atoms with van der Waals surface area (Å²) >= 11 is 0. The lowest BCUT2D eigenvalue weighted by molar-refractivity contribution is -0.123. The molecule has 5 heteroatoms. The van der Waals surface area contributed by atoms with E-state index in [1.807, 2.05) is 31.1 Å². The molecule has 1 atom stereocenters. The first-order valence-electron chi connectivity index (χ1n) is 7.72. The van der Waals surface area contributed by atoms with Gasteiger partial charge in [-0.05, 0) is 43.8 Å². The van der Waals surface area contributed by atoms with Crippen LogP contribution in [0, 0.1) is 11.3 Å². The third-order valence-corrected chi connectivity index (χ3v) is 4.85. The number of carbonyl (C=O) groups excluding carboxylic acids is 1. The molecule has 114 valence electrons. The summed E-state index contributed by atoms with van der Waals surface area (Å²) in [7, 11) is 3.94. The standard InChI is InChI=1S/C16H24N4O/c1-20(2)14-12(4-3-7-18-14)11-19-15(21)13-10-16(13)5-8-17-9-6-16/h3-4,7,13,17H,5-6,8-11H2,1-2H3,(H,19,21). The smallest absolute Gasteiger partial charge is 0.223 e. The predicted molar refractivity (Wildman–Crippen MR) is 83.1 cm³/mol. The van der Waals surface area contributed by atoms with Crippen LogP contribution in [0.2, 0.25) is 0 Å². The summed E-state index contributed by atoms with van der Waals surface area (Å²) in [6, 6.07) is 3.94. The highest BCUT2D eigenvalue weighted by Gasteiger charge is 2.57. The highest BCUT2D eigenvalue weighted by atomic mass is 16.2. The first-order chi connectivity index (χ1) is 10.1. The van der Waals surface area contributed by atoms with Crippen LogP contribution in [0.3, 0.4) is 0 Å². The van der Waals surface area contributed by atoms with Crippen LogP contribution in [-0.2, 0) is 11.3 Å². The van der Waals surface area contributed by atoms with E-state index < -0.39 is 0 Å². The molecule has 1 aromatic rings. The minimum absolute atomic E-state index is 0.213. The van der Waals surface area contributed by atoms with Crippen LogP contribution in [0.25, 0.3) is 0 Å². The lowest BCUT2D eigenvalue weighted by Gasteiger charge is -2.23. The lowest BCUT2D eigenvalue weighted by atomic mass is 9.92. The van der Waals surface area contributed by atoms with E-state index in [1.54, 1.807) is 6.20 Å². The maximum absolute atomic E-state index is 12.4. The zero-order valence-corrected chi connectivity index (χ0v) is 12.9. The van der Waals surface area contributed by atoms with Crippen molar-refractivity contribution < 1.29 is 4.79 Å². The van der Waals surface area contributed by atoms with E-state index in [2.05, 4.69) is 15.6 Å². The fourth-order valence-electron chi connectivity index (χ4n) is 3.47. The molecule has 2 N–H and O–H groups in total. The number of piperidine rings is 1. The molecule has 2 fully saturated rings. The number of anilines is 1. The van der Waals surface area contributed by atoms with Gasteiger partial charge in [0.15, 0.2) is 0 Å². The first-order valence-corrected chi connectivity index (χ1v) is 7.72. The molecule has 1 unspecified atom stereocenters. The van der Waals surface area contributed by atoms with Crippen LogP contribution in [0.15, 0.2) is 18.3 Å². The van der Waals surface area contributed by atoms with E-state index in [0.717, 1.165) is 43.7 Å². The van der Waals surface area contributed by atoms with E-state index in [9.17, 15) is 4.79 Å². The first kappa shape index (κ1) is 14.3. The monoisotopic (exact) mass is 288 g/mol. The molecule has 3 rings (SSSR count). The molecule has 2 heterocycles. The number of hydrogen-bond donors (Lipinski definition) is 2. The molecule has 1 spiro atoms. The molecule has 5 nitrogen and oxygen atoms in total. The van der Waals surface area contributed by atoms with Crippen molar-refractivity contribution in [3.05, 3.63) is 23.9 Å². The van der Waals surface area contributed by atoms with Crippen molar-refractivity contribution in [2.24, 2.45) is 11.3 Å². The number of aromatic nitrogens is 1. The minimum Gasteiger partial charge on any atom is -0.362 e. The second-order valence-electron chi connectivity index (χ2n) is 6.47. The SMILES string of the molecule is CN(C)c1ncccc1CNC(=O)C1CC12CCNCC2. The highest BCUT2D eigenvalue weighted by Crippen LogP contribution is 2.58. The van der Waals surface area contributed by atoms with Gasteiger partial charge in [0.05, 0.1) is 0 Å². The quantitative estimate of drug-likeness (QED) is 0.873. The summed E-state index contributed by atoms with van der Waals surface area (Å²) in [6.45, 7) is 2.67. The van der Waals surface area contributed by atoms with Crippen molar-refractivity contribution in [1.29, 1.82) is 0 Å². The van der Waals surface area contributed by atoms with Gasteiger partial charge in [-0.15, -0.1) is 0 Å². The summed E-state index contributed by atoms with van der Waals surface area (Å²) in [6.07, 6.45) is 5.13. The summed E-state index contributed by atoms with van der Waals surface area (Å²) < 4.78 is 0. The van der Waals surface area contributed by atoms with Crippen molar-refractivity contribution >= 4 is 11.7 Å². The maximum Gasteiger partial charge on any atom is 0.223 e. The summed E-state index contributed by atoms with van der Waals surface area (Å²) in [4.78, 5) is 18.7. The average molecular weight is 288 g/mol. The molecule has 1 saturated heterocycles. The summed E-state index contributed by atoms with van der Waals surface area (Å²) in [5.41, 5.74) is 1.37. The Morgan fingerprint density at radius 1 is 1.48 bits per heavy atom. The third kappa shape index (κ3) is 2.88. The Balaban J connectivity index is 1.58. The van der Waals surface area contributed by atoms with Gasteiger partial charge in [-0.3, -0.25) is 4.79 Å². The molecule has 1 amide bonds. The number of hydrogen-bond acceptors (Lipinski definition) is 4. The average Bonchev–Trinajstić information content (AvgIpc) is 3.19. The Kier molecular flexibility index (Phi) is 3.85. The Bertz CT molecular complexity index is 523. The second-order valence-corrected chi connectivity index (χ2v) is 6.47. The van der Waals surface area contributed by atoms with Crippen molar-refractivity contribution in [3.8, 4) is 0 Å². The van der Waals surface area contributed by atoms with Gasteiger partial charge in [0.25, 0.3) is 0 Å². The third-order valence-electron chi connectivity index (χ3n) is 4.85. The van der Waals surface area contributed by atoms with Crippen LogP contribution < -0.4 is 15.5 Å². The van der Waals surface area contributed by atoms with Gasteiger partial charge in [-0.25, -0.2) is 4.98 Å². The fraction of sp³-hybridized carbons (Fsp3) is 0.625. The molecule has 1 aliphatic carbocycles. The van der Waals surface area contributed by atoms with E-state index in [4.69, 9.17) is 0 Å². The van der Waals surface area contributed by atoms with Crippen LogP contribution in [0.4, 0.5) is 5.82 Å². The molecular weight excluding hydrogens is 264 g/mol. The molecular formula is C16H24N4O. The Labute approximate surface area is 126 Å². The van der Waals surface area contributed by atoms with Crippen molar-refractivity contribution in [2.45, 2.75) is 25.8 Å². The topological polar surface area (TPSA) is 57.3 Å². The number of pyridine rings is 1. The Morgan fingerprint density at radius 3 is 2.95 bits per heavy atom. The molecule has 2 aliphatic rings. The van der Waals surface area contributed by atoms with Crippen LogP contribution >= 0.6 is 0 Å². The van der Waals surface area contributed by atoms with Crippen molar-refractivity contribution in [2.75, 3.05) is 32.1 Å². The van der Waals surface area contributed by atoms with Gasteiger partial charge < -0.3 is 15.5 Å². The second kappa shape index (κ2) is 5.64. The normalized spacial score (nSPS) is 22.9. The number of nitrogens with zero attached hydrogens (tertiary/aromatic N) is 2. The minimum atomic E-state index is 0.213. The molecule has 1 saturated carbocycles. The van der Waals surface area contributed by atoms with Crippen molar-refractivity contribution in [3.63, 3.8) is 0 Å². The summed E-state index contributed by atoms with van der Waals surface area (Å²) in [5, 5.41) is 6.47.